The Morgan fingerprint density at radius 3 is 3.00 bits per heavy atom. The molecule has 1 aromatic rings. The van der Waals surface area contributed by atoms with Gasteiger partial charge in [-0.25, -0.2) is 4.68 Å². The van der Waals surface area contributed by atoms with Gasteiger partial charge < -0.3 is 10.8 Å². The van der Waals surface area contributed by atoms with Gasteiger partial charge in [0.15, 0.2) is 0 Å². The zero-order chi connectivity index (χ0) is 9.26. The predicted octanol–water partition coefficient (Wildman–Crippen LogP) is -0.177. The molecule has 5 nitrogen and oxygen atoms in total. The normalized spacial score (nSPS) is 28.2. The van der Waals surface area contributed by atoms with Crippen molar-refractivity contribution in [1.82, 2.24) is 15.0 Å². The summed E-state index contributed by atoms with van der Waals surface area (Å²) in [5.74, 6) is 0. The lowest BCUT2D eigenvalue weighted by molar-refractivity contribution is 0.276. The highest BCUT2D eigenvalue weighted by Crippen LogP contribution is 2.27. The summed E-state index contributed by atoms with van der Waals surface area (Å²) in [7, 11) is 0. The third-order valence-electron chi connectivity index (χ3n) is 2.54. The van der Waals surface area contributed by atoms with E-state index in [1.54, 1.807) is 6.20 Å². The zero-order valence-electron chi connectivity index (χ0n) is 7.43. The maximum atomic E-state index is 8.81. The van der Waals surface area contributed by atoms with Crippen molar-refractivity contribution >= 4 is 0 Å². The molecule has 1 aromatic heterocycles. The van der Waals surface area contributed by atoms with E-state index in [0.29, 0.717) is 17.8 Å². The number of hydrogen-bond acceptors (Lipinski definition) is 4. The van der Waals surface area contributed by atoms with E-state index in [0.717, 1.165) is 19.3 Å². The van der Waals surface area contributed by atoms with Crippen LogP contribution in [0, 0.1) is 0 Å². The molecule has 0 saturated heterocycles. The average Bonchev–Trinajstić information content (AvgIpc) is 2.71. The summed E-state index contributed by atoms with van der Waals surface area (Å²) >= 11 is 0. The molecular weight excluding hydrogens is 168 g/mol. The maximum Gasteiger partial charge on any atom is 0.108 e. The van der Waals surface area contributed by atoms with E-state index in [1.165, 1.54) is 0 Å². The summed E-state index contributed by atoms with van der Waals surface area (Å²) in [6.45, 7) is -0.0429. The molecule has 0 spiro atoms. The Labute approximate surface area is 76.5 Å². The molecule has 1 aliphatic rings. The molecule has 0 unspecified atom stereocenters. The van der Waals surface area contributed by atoms with Gasteiger partial charge in [-0.3, -0.25) is 0 Å². The van der Waals surface area contributed by atoms with Gasteiger partial charge in [0, 0.05) is 6.04 Å². The van der Waals surface area contributed by atoms with Crippen LogP contribution in [0.1, 0.15) is 31.0 Å². The van der Waals surface area contributed by atoms with Crippen LogP contribution >= 0.6 is 0 Å². The number of aromatic nitrogens is 3. The number of hydrogen-bond donors (Lipinski definition) is 2. The van der Waals surface area contributed by atoms with Gasteiger partial charge in [-0.15, -0.1) is 5.10 Å². The molecule has 3 N–H and O–H groups in total. The quantitative estimate of drug-likeness (QED) is 0.665. The van der Waals surface area contributed by atoms with Crippen molar-refractivity contribution in [3.8, 4) is 0 Å². The van der Waals surface area contributed by atoms with E-state index >= 15 is 0 Å². The third-order valence-corrected chi connectivity index (χ3v) is 2.54. The standard InChI is InChI=1S/C8H14N4O/c9-6-1-2-8(3-6)12-4-7(5-13)10-11-12/h4,6,8,13H,1-3,5,9H2/t6-,8+/m1/s1. The van der Waals surface area contributed by atoms with Crippen molar-refractivity contribution in [3.05, 3.63) is 11.9 Å². The molecule has 0 radical (unpaired) electrons. The van der Waals surface area contributed by atoms with Crippen molar-refractivity contribution in [3.63, 3.8) is 0 Å². The fourth-order valence-corrected chi connectivity index (χ4v) is 1.80. The molecule has 0 amide bonds. The molecule has 13 heavy (non-hydrogen) atoms. The third kappa shape index (κ3) is 1.71. The van der Waals surface area contributed by atoms with Crippen LogP contribution in [0.4, 0.5) is 0 Å². The van der Waals surface area contributed by atoms with Crippen LogP contribution < -0.4 is 5.73 Å². The van der Waals surface area contributed by atoms with Gasteiger partial charge in [-0.1, -0.05) is 5.21 Å². The molecule has 0 aliphatic heterocycles. The molecule has 0 bridgehead atoms. The molecule has 1 heterocycles. The zero-order valence-corrected chi connectivity index (χ0v) is 7.43. The molecule has 5 heteroatoms. The monoisotopic (exact) mass is 182 g/mol. The second-order valence-corrected chi connectivity index (χ2v) is 3.57. The summed E-state index contributed by atoms with van der Waals surface area (Å²) in [6.07, 6.45) is 4.88. The van der Waals surface area contributed by atoms with Crippen LogP contribution in [-0.2, 0) is 6.61 Å². The smallest absolute Gasteiger partial charge is 0.108 e. The largest absolute Gasteiger partial charge is 0.390 e. The molecule has 1 fully saturated rings. The van der Waals surface area contributed by atoms with E-state index in [-0.39, 0.29) is 6.61 Å². The lowest BCUT2D eigenvalue weighted by Crippen LogP contribution is -2.16. The topological polar surface area (TPSA) is 77.0 Å². The molecule has 1 saturated carbocycles. The fraction of sp³-hybridized carbons (Fsp3) is 0.750. The summed E-state index contributed by atoms with van der Waals surface area (Å²) in [5.41, 5.74) is 6.42. The Kier molecular flexibility index (Phi) is 2.28. The first-order valence-corrected chi connectivity index (χ1v) is 4.56. The number of nitrogens with two attached hydrogens (primary N) is 1. The van der Waals surface area contributed by atoms with E-state index in [4.69, 9.17) is 10.8 Å². The van der Waals surface area contributed by atoms with E-state index in [1.807, 2.05) is 4.68 Å². The molecule has 72 valence electrons. The predicted molar refractivity (Wildman–Crippen MR) is 46.8 cm³/mol. The Hall–Kier alpha value is -0.940. The van der Waals surface area contributed by atoms with Crippen LogP contribution in [0.25, 0.3) is 0 Å². The minimum atomic E-state index is -0.0429. The summed E-state index contributed by atoms with van der Waals surface area (Å²) in [5, 5.41) is 16.6. The van der Waals surface area contributed by atoms with Crippen LogP contribution in [0.15, 0.2) is 6.20 Å². The molecule has 0 aromatic carbocycles. The van der Waals surface area contributed by atoms with Gasteiger partial charge in [-0.05, 0) is 19.3 Å². The minimum absolute atomic E-state index is 0.0429. The minimum Gasteiger partial charge on any atom is -0.390 e. The van der Waals surface area contributed by atoms with Gasteiger partial charge in [0.1, 0.15) is 5.69 Å². The Morgan fingerprint density at radius 1 is 1.62 bits per heavy atom. The summed E-state index contributed by atoms with van der Waals surface area (Å²) in [6, 6.07) is 0.676. The second kappa shape index (κ2) is 3.43. The van der Waals surface area contributed by atoms with Crippen LogP contribution in [0.2, 0.25) is 0 Å². The summed E-state index contributed by atoms with van der Waals surface area (Å²) < 4.78 is 1.82. The summed E-state index contributed by atoms with van der Waals surface area (Å²) in [4.78, 5) is 0. The van der Waals surface area contributed by atoms with Gasteiger partial charge in [0.05, 0.1) is 18.8 Å². The van der Waals surface area contributed by atoms with E-state index in [2.05, 4.69) is 10.3 Å². The van der Waals surface area contributed by atoms with E-state index < -0.39 is 0 Å². The molecule has 2 atom stereocenters. The SMILES string of the molecule is N[C@@H]1CC[C@H](n2cc(CO)nn2)C1. The Balaban J connectivity index is 2.08. The lowest BCUT2D eigenvalue weighted by atomic mass is 10.2. The fourth-order valence-electron chi connectivity index (χ4n) is 1.80. The molecular formula is C8H14N4O. The first-order valence-electron chi connectivity index (χ1n) is 4.56. The van der Waals surface area contributed by atoms with Crippen LogP contribution in [-0.4, -0.2) is 26.1 Å². The number of aliphatic hydroxyl groups is 1. The first kappa shape index (κ1) is 8.65. The van der Waals surface area contributed by atoms with Crippen molar-refractivity contribution in [2.45, 2.75) is 38.0 Å². The van der Waals surface area contributed by atoms with Crippen molar-refractivity contribution in [1.29, 1.82) is 0 Å². The second-order valence-electron chi connectivity index (χ2n) is 3.57. The highest BCUT2D eigenvalue weighted by Gasteiger charge is 2.23. The van der Waals surface area contributed by atoms with Crippen LogP contribution in [0.3, 0.4) is 0 Å². The Bertz CT molecular complexity index is 285. The highest BCUT2D eigenvalue weighted by molar-refractivity contribution is 4.92. The average molecular weight is 182 g/mol. The highest BCUT2D eigenvalue weighted by atomic mass is 16.3. The van der Waals surface area contributed by atoms with Crippen molar-refractivity contribution < 1.29 is 5.11 Å². The van der Waals surface area contributed by atoms with Gasteiger partial charge in [0.25, 0.3) is 0 Å². The molecule has 2 rings (SSSR count). The number of rotatable bonds is 2. The number of aliphatic hydroxyl groups excluding tert-OH is 1. The van der Waals surface area contributed by atoms with Crippen molar-refractivity contribution in [2.75, 3.05) is 0 Å². The van der Waals surface area contributed by atoms with Crippen LogP contribution in [0.5, 0.6) is 0 Å². The number of nitrogens with zero attached hydrogens (tertiary/aromatic N) is 3. The van der Waals surface area contributed by atoms with Crippen molar-refractivity contribution in [2.24, 2.45) is 5.73 Å². The van der Waals surface area contributed by atoms with Gasteiger partial charge >= 0.3 is 0 Å². The first-order chi connectivity index (χ1) is 6.29. The molecule has 1 aliphatic carbocycles. The maximum absolute atomic E-state index is 8.81. The van der Waals surface area contributed by atoms with Gasteiger partial charge in [0.2, 0.25) is 0 Å². The van der Waals surface area contributed by atoms with Gasteiger partial charge in [-0.2, -0.15) is 0 Å². The Morgan fingerprint density at radius 2 is 2.46 bits per heavy atom. The van der Waals surface area contributed by atoms with E-state index in [9.17, 15) is 0 Å². The lowest BCUT2D eigenvalue weighted by Gasteiger charge is -2.07.